The number of benzene rings is 1. The molecule has 1 aromatic heterocycles. The zero-order valence-electron chi connectivity index (χ0n) is 12.2. The van der Waals surface area contributed by atoms with Crippen LogP contribution in [0.2, 0.25) is 0 Å². The van der Waals surface area contributed by atoms with Gasteiger partial charge in [0, 0.05) is 31.0 Å². The number of halogens is 1. The standard InChI is InChI=1S/C16H22FN3/c1-3-5-16-19-7-8-20(16)15-10-13(9-14(17)11-15)12-18-6-4-2/h7-11,18H,3-6,12H2,1-2H3. The van der Waals surface area contributed by atoms with Crippen LogP contribution in [0.3, 0.4) is 0 Å². The van der Waals surface area contributed by atoms with Gasteiger partial charge in [0.15, 0.2) is 0 Å². The molecule has 0 fully saturated rings. The average Bonchev–Trinajstić information content (AvgIpc) is 2.87. The fourth-order valence-electron chi connectivity index (χ4n) is 2.26. The lowest BCUT2D eigenvalue weighted by Crippen LogP contribution is -2.14. The van der Waals surface area contributed by atoms with Crippen molar-refractivity contribution in [2.24, 2.45) is 0 Å². The van der Waals surface area contributed by atoms with Gasteiger partial charge < -0.3 is 9.88 Å². The van der Waals surface area contributed by atoms with Crippen molar-refractivity contribution in [2.75, 3.05) is 6.54 Å². The van der Waals surface area contributed by atoms with Crippen molar-refractivity contribution in [1.29, 1.82) is 0 Å². The molecule has 1 heterocycles. The van der Waals surface area contributed by atoms with Crippen LogP contribution < -0.4 is 5.32 Å². The van der Waals surface area contributed by atoms with Crippen molar-refractivity contribution in [2.45, 2.75) is 39.7 Å². The first-order valence-corrected chi connectivity index (χ1v) is 7.27. The summed E-state index contributed by atoms with van der Waals surface area (Å²) >= 11 is 0. The highest BCUT2D eigenvalue weighted by Crippen LogP contribution is 2.16. The minimum absolute atomic E-state index is 0.202. The maximum Gasteiger partial charge on any atom is 0.125 e. The smallest absolute Gasteiger partial charge is 0.125 e. The SMILES string of the molecule is CCCNCc1cc(F)cc(-n2ccnc2CCC)c1. The summed E-state index contributed by atoms with van der Waals surface area (Å²) in [6.07, 6.45) is 6.66. The lowest BCUT2D eigenvalue weighted by atomic mass is 10.2. The van der Waals surface area contributed by atoms with Gasteiger partial charge in [0.05, 0.1) is 0 Å². The highest BCUT2D eigenvalue weighted by atomic mass is 19.1. The van der Waals surface area contributed by atoms with E-state index in [0.717, 1.165) is 42.9 Å². The molecule has 0 amide bonds. The highest BCUT2D eigenvalue weighted by molar-refractivity contribution is 5.38. The van der Waals surface area contributed by atoms with E-state index in [1.807, 2.05) is 16.8 Å². The lowest BCUT2D eigenvalue weighted by Gasteiger charge is -2.10. The van der Waals surface area contributed by atoms with Crippen molar-refractivity contribution in [3.05, 3.63) is 47.8 Å². The number of rotatable bonds is 7. The summed E-state index contributed by atoms with van der Waals surface area (Å²) in [6.45, 7) is 5.87. The summed E-state index contributed by atoms with van der Waals surface area (Å²) in [7, 11) is 0. The largest absolute Gasteiger partial charge is 0.313 e. The quantitative estimate of drug-likeness (QED) is 0.784. The predicted octanol–water partition coefficient (Wildman–Crippen LogP) is 3.46. The van der Waals surface area contributed by atoms with E-state index in [9.17, 15) is 4.39 Å². The molecule has 20 heavy (non-hydrogen) atoms. The Kier molecular flexibility index (Phi) is 5.30. The third kappa shape index (κ3) is 3.67. The third-order valence-corrected chi connectivity index (χ3v) is 3.17. The van der Waals surface area contributed by atoms with Gasteiger partial charge in [-0.2, -0.15) is 0 Å². The lowest BCUT2D eigenvalue weighted by molar-refractivity contribution is 0.617. The Morgan fingerprint density at radius 1 is 1.20 bits per heavy atom. The molecule has 0 radical (unpaired) electrons. The number of nitrogens with one attached hydrogen (secondary N) is 1. The molecular weight excluding hydrogens is 253 g/mol. The fraction of sp³-hybridized carbons (Fsp3) is 0.438. The van der Waals surface area contributed by atoms with Crippen LogP contribution >= 0.6 is 0 Å². The first-order valence-electron chi connectivity index (χ1n) is 7.27. The third-order valence-electron chi connectivity index (χ3n) is 3.17. The molecule has 0 bridgehead atoms. The number of nitrogens with zero attached hydrogens (tertiary/aromatic N) is 2. The molecule has 0 atom stereocenters. The molecule has 2 rings (SSSR count). The summed E-state index contributed by atoms with van der Waals surface area (Å²) in [4.78, 5) is 4.34. The Hall–Kier alpha value is -1.68. The monoisotopic (exact) mass is 275 g/mol. The first-order chi connectivity index (χ1) is 9.74. The van der Waals surface area contributed by atoms with Gasteiger partial charge >= 0.3 is 0 Å². The van der Waals surface area contributed by atoms with E-state index in [-0.39, 0.29) is 5.82 Å². The van der Waals surface area contributed by atoms with Crippen LogP contribution in [0.1, 0.15) is 38.1 Å². The molecule has 0 saturated carbocycles. The molecule has 0 unspecified atom stereocenters. The molecule has 0 aliphatic carbocycles. The number of hydrogen-bond donors (Lipinski definition) is 1. The zero-order chi connectivity index (χ0) is 14.4. The normalized spacial score (nSPS) is 10.9. The Morgan fingerprint density at radius 2 is 2.05 bits per heavy atom. The molecule has 0 saturated heterocycles. The second kappa shape index (κ2) is 7.20. The van der Waals surface area contributed by atoms with Crippen molar-refractivity contribution in [3.63, 3.8) is 0 Å². The molecule has 0 spiro atoms. The summed E-state index contributed by atoms with van der Waals surface area (Å²) in [5, 5.41) is 3.30. The molecule has 1 aromatic carbocycles. The molecule has 0 aliphatic rings. The van der Waals surface area contributed by atoms with Crippen molar-refractivity contribution in [1.82, 2.24) is 14.9 Å². The van der Waals surface area contributed by atoms with Crippen LogP contribution in [0.25, 0.3) is 5.69 Å². The van der Waals surface area contributed by atoms with Crippen LogP contribution in [-0.4, -0.2) is 16.1 Å². The van der Waals surface area contributed by atoms with E-state index in [2.05, 4.69) is 24.1 Å². The Balaban J connectivity index is 2.24. The summed E-state index contributed by atoms with van der Waals surface area (Å²) in [5.41, 5.74) is 1.81. The van der Waals surface area contributed by atoms with E-state index in [1.165, 1.54) is 0 Å². The van der Waals surface area contributed by atoms with Crippen LogP contribution in [0.4, 0.5) is 4.39 Å². The minimum Gasteiger partial charge on any atom is -0.313 e. The van der Waals surface area contributed by atoms with E-state index in [0.29, 0.717) is 6.54 Å². The highest BCUT2D eigenvalue weighted by Gasteiger charge is 2.07. The molecule has 2 aromatic rings. The average molecular weight is 275 g/mol. The maximum absolute atomic E-state index is 13.8. The van der Waals surface area contributed by atoms with Crippen LogP contribution in [0.15, 0.2) is 30.6 Å². The van der Waals surface area contributed by atoms with Crippen molar-refractivity contribution < 1.29 is 4.39 Å². The summed E-state index contributed by atoms with van der Waals surface area (Å²) < 4.78 is 15.8. The van der Waals surface area contributed by atoms with Gasteiger partial charge in [0.25, 0.3) is 0 Å². The summed E-state index contributed by atoms with van der Waals surface area (Å²) in [5.74, 6) is 0.775. The number of aromatic nitrogens is 2. The molecular formula is C16H22FN3. The summed E-state index contributed by atoms with van der Waals surface area (Å²) in [6, 6.07) is 5.17. The van der Waals surface area contributed by atoms with Gasteiger partial charge in [-0.1, -0.05) is 13.8 Å². The predicted molar refractivity (Wildman–Crippen MR) is 79.5 cm³/mol. The van der Waals surface area contributed by atoms with Gasteiger partial charge in [-0.15, -0.1) is 0 Å². The van der Waals surface area contributed by atoms with Crippen LogP contribution in [-0.2, 0) is 13.0 Å². The molecule has 4 heteroatoms. The van der Waals surface area contributed by atoms with Gasteiger partial charge in [-0.3, -0.25) is 0 Å². The molecule has 108 valence electrons. The zero-order valence-corrected chi connectivity index (χ0v) is 12.2. The first kappa shape index (κ1) is 14.7. The van der Waals surface area contributed by atoms with Crippen molar-refractivity contribution >= 4 is 0 Å². The molecule has 0 aliphatic heterocycles. The second-order valence-corrected chi connectivity index (χ2v) is 4.96. The topological polar surface area (TPSA) is 29.9 Å². The van der Waals surface area contributed by atoms with Gasteiger partial charge in [0.1, 0.15) is 11.6 Å². The Labute approximate surface area is 119 Å². The Morgan fingerprint density at radius 3 is 2.80 bits per heavy atom. The van der Waals surface area contributed by atoms with Gasteiger partial charge in [-0.25, -0.2) is 9.37 Å². The number of aryl methyl sites for hydroxylation is 1. The van der Waals surface area contributed by atoms with Crippen molar-refractivity contribution in [3.8, 4) is 5.69 Å². The minimum atomic E-state index is -0.202. The molecule has 1 N–H and O–H groups in total. The van der Waals surface area contributed by atoms with Gasteiger partial charge in [-0.05, 0) is 43.1 Å². The van der Waals surface area contributed by atoms with Crippen LogP contribution in [0, 0.1) is 5.82 Å². The Bertz CT molecular complexity index is 548. The van der Waals surface area contributed by atoms with E-state index >= 15 is 0 Å². The number of imidazole rings is 1. The van der Waals surface area contributed by atoms with Gasteiger partial charge in [0.2, 0.25) is 0 Å². The second-order valence-electron chi connectivity index (χ2n) is 4.96. The van der Waals surface area contributed by atoms with Crippen LogP contribution in [0.5, 0.6) is 0 Å². The fourth-order valence-corrected chi connectivity index (χ4v) is 2.26. The van der Waals surface area contributed by atoms with E-state index in [1.54, 1.807) is 18.3 Å². The molecule has 3 nitrogen and oxygen atoms in total. The number of hydrogen-bond acceptors (Lipinski definition) is 2. The van der Waals surface area contributed by atoms with E-state index < -0.39 is 0 Å². The van der Waals surface area contributed by atoms with E-state index in [4.69, 9.17) is 0 Å². The maximum atomic E-state index is 13.8.